The summed E-state index contributed by atoms with van der Waals surface area (Å²) < 4.78 is 50.8. The van der Waals surface area contributed by atoms with Crippen molar-refractivity contribution in [3.05, 3.63) is 77.1 Å². The first-order chi connectivity index (χ1) is 19.6. The highest BCUT2D eigenvalue weighted by atomic mass is 32.2. The van der Waals surface area contributed by atoms with Crippen LogP contribution in [0.5, 0.6) is 0 Å². The van der Waals surface area contributed by atoms with Crippen LogP contribution >= 0.6 is 0 Å². The topological polar surface area (TPSA) is 95.5 Å². The zero-order valence-corrected chi connectivity index (χ0v) is 23.0. The number of amides is 2. The maximum Gasteiger partial charge on any atom is 0.416 e. The number of benzene rings is 2. The van der Waals surface area contributed by atoms with Gasteiger partial charge in [-0.05, 0) is 66.6 Å². The minimum absolute atomic E-state index is 0.0598. The lowest BCUT2D eigenvalue weighted by molar-refractivity contribution is -0.139. The fraction of sp³-hybridized carbons (Fsp3) is 0.379. The summed E-state index contributed by atoms with van der Waals surface area (Å²) in [6.45, 7) is 0.639. The zero-order chi connectivity index (χ0) is 28.9. The van der Waals surface area contributed by atoms with Gasteiger partial charge in [-0.1, -0.05) is 18.2 Å². The van der Waals surface area contributed by atoms with Crippen LogP contribution in [0.3, 0.4) is 0 Å². The molecule has 2 saturated carbocycles. The van der Waals surface area contributed by atoms with Crippen LogP contribution in [0.25, 0.3) is 0 Å². The number of nitrogens with one attached hydrogen (secondary N) is 1. The summed E-state index contributed by atoms with van der Waals surface area (Å²) in [5.74, 6) is -0.0962. The predicted octanol–water partition coefficient (Wildman–Crippen LogP) is 4.83. The third kappa shape index (κ3) is 5.83. The summed E-state index contributed by atoms with van der Waals surface area (Å²) in [4.78, 5) is 39.7. The molecule has 0 spiro atoms. The molecule has 1 aliphatic heterocycles. The van der Waals surface area contributed by atoms with Crippen molar-refractivity contribution in [3.63, 3.8) is 0 Å². The first-order valence-electron chi connectivity index (χ1n) is 13.4. The fourth-order valence-electron chi connectivity index (χ4n) is 5.15. The standard InChI is InChI=1S/C29H28F3N5O3S/c1-41(40)23-10-11-24-19(12-23)16-37(27(39)18-4-5-18)25(24)26(38)35-21-13-33-28(34-14-21)36(22-8-9-22)15-17-2-6-20(7-3-17)29(30,31)32/h2-3,6-7,10-14,18,22,25H,4-5,8-9,15-16H2,1H3,(H,35,38). The van der Waals surface area contributed by atoms with Crippen LogP contribution in [0.1, 0.15) is 54.0 Å². The van der Waals surface area contributed by atoms with E-state index in [1.807, 2.05) is 4.90 Å². The van der Waals surface area contributed by atoms with E-state index in [4.69, 9.17) is 0 Å². The van der Waals surface area contributed by atoms with Gasteiger partial charge in [0.25, 0.3) is 5.91 Å². The van der Waals surface area contributed by atoms with Crippen molar-refractivity contribution in [1.29, 1.82) is 0 Å². The fourth-order valence-corrected chi connectivity index (χ4v) is 5.72. The van der Waals surface area contributed by atoms with Crippen molar-refractivity contribution in [2.75, 3.05) is 16.5 Å². The molecule has 3 aromatic rings. The smallest absolute Gasteiger partial charge is 0.334 e. The van der Waals surface area contributed by atoms with Gasteiger partial charge in [0.1, 0.15) is 6.04 Å². The Labute approximate surface area is 237 Å². The van der Waals surface area contributed by atoms with E-state index in [1.54, 1.807) is 29.4 Å². The number of hydrogen-bond acceptors (Lipinski definition) is 6. The average molecular weight is 584 g/mol. The van der Waals surface area contributed by atoms with Gasteiger partial charge >= 0.3 is 6.18 Å². The molecule has 12 heteroatoms. The molecule has 6 rings (SSSR count). The van der Waals surface area contributed by atoms with Gasteiger partial charge in [-0.3, -0.25) is 13.8 Å². The molecular weight excluding hydrogens is 555 g/mol. The molecule has 2 aromatic carbocycles. The largest absolute Gasteiger partial charge is 0.416 e. The highest BCUT2D eigenvalue weighted by Gasteiger charge is 2.44. The monoisotopic (exact) mass is 583 g/mol. The molecule has 2 atom stereocenters. The van der Waals surface area contributed by atoms with Crippen LogP contribution in [0.2, 0.25) is 0 Å². The number of alkyl halides is 3. The van der Waals surface area contributed by atoms with E-state index in [9.17, 15) is 27.0 Å². The van der Waals surface area contributed by atoms with E-state index in [-0.39, 0.29) is 30.3 Å². The second-order valence-corrected chi connectivity index (χ2v) is 12.2. The van der Waals surface area contributed by atoms with Crippen molar-refractivity contribution in [1.82, 2.24) is 14.9 Å². The van der Waals surface area contributed by atoms with Crippen LogP contribution in [-0.2, 0) is 39.7 Å². The number of aromatic nitrogens is 2. The van der Waals surface area contributed by atoms with Crippen molar-refractivity contribution in [2.24, 2.45) is 5.92 Å². The Kier molecular flexibility index (Phi) is 7.04. The van der Waals surface area contributed by atoms with Gasteiger partial charge in [0.2, 0.25) is 11.9 Å². The molecule has 2 unspecified atom stereocenters. The highest BCUT2D eigenvalue weighted by Crippen LogP contribution is 2.41. The first-order valence-corrected chi connectivity index (χ1v) is 15.0. The Morgan fingerprint density at radius 3 is 2.32 bits per heavy atom. The summed E-state index contributed by atoms with van der Waals surface area (Å²) in [5, 5.41) is 2.84. The van der Waals surface area contributed by atoms with E-state index >= 15 is 0 Å². The third-order valence-corrected chi connectivity index (χ3v) is 8.55. The van der Waals surface area contributed by atoms with Gasteiger partial charge in [0.05, 0.1) is 23.6 Å². The lowest BCUT2D eigenvalue weighted by atomic mass is 10.0. The number of halogens is 3. The molecule has 2 fully saturated rings. The molecular formula is C29H28F3N5O3S. The number of nitrogens with zero attached hydrogens (tertiary/aromatic N) is 4. The minimum atomic E-state index is -4.39. The quantitative estimate of drug-likeness (QED) is 0.408. The summed E-state index contributed by atoms with van der Waals surface area (Å²) in [5.41, 5.74) is 1.89. The van der Waals surface area contributed by atoms with Gasteiger partial charge < -0.3 is 15.1 Å². The number of carbonyl (C=O) groups is 2. The molecule has 1 N–H and O–H groups in total. The van der Waals surface area contributed by atoms with E-state index in [0.29, 0.717) is 34.2 Å². The average Bonchev–Trinajstić information content (AvgIpc) is 3.88. The Morgan fingerprint density at radius 1 is 1.05 bits per heavy atom. The second kappa shape index (κ2) is 10.6. The number of carbonyl (C=O) groups excluding carboxylic acids is 2. The molecule has 0 saturated heterocycles. The van der Waals surface area contributed by atoms with Crippen molar-refractivity contribution < 1.29 is 27.0 Å². The van der Waals surface area contributed by atoms with Crippen molar-refractivity contribution in [3.8, 4) is 0 Å². The summed E-state index contributed by atoms with van der Waals surface area (Å²) >= 11 is 0. The van der Waals surface area contributed by atoms with E-state index < -0.39 is 28.6 Å². The molecule has 8 nitrogen and oxygen atoms in total. The lowest BCUT2D eigenvalue weighted by Gasteiger charge is -2.25. The Balaban J connectivity index is 1.18. The Bertz CT molecular complexity index is 1510. The molecule has 41 heavy (non-hydrogen) atoms. The highest BCUT2D eigenvalue weighted by molar-refractivity contribution is 7.84. The van der Waals surface area contributed by atoms with E-state index in [1.165, 1.54) is 24.5 Å². The Hall–Kier alpha value is -3.80. The minimum Gasteiger partial charge on any atom is -0.334 e. The first kappa shape index (κ1) is 27.4. The maximum absolute atomic E-state index is 13.5. The van der Waals surface area contributed by atoms with Gasteiger partial charge in [-0.15, -0.1) is 0 Å². The lowest BCUT2D eigenvalue weighted by Crippen LogP contribution is -2.37. The Morgan fingerprint density at radius 2 is 1.73 bits per heavy atom. The normalized spacial score (nSPS) is 19.0. The molecule has 214 valence electrons. The second-order valence-electron chi connectivity index (χ2n) is 10.8. The number of rotatable bonds is 8. The third-order valence-electron chi connectivity index (χ3n) is 7.64. The van der Waals surface area contributed by atoms with Gasteiger partial charge in [-0.2, -0.15) is 13.2 Å². The molecule has 0 bridgehead atoms. The van der Waals surface area contributed by atoms with E-state index in [0.717, 1.165) is 43.4 Å². The molecule has 1 aromatic heterocycles. The van der Waals surface area contributed by atoms with Crippen LogP contribution in [0.15, 0.2) is 59.8 Å². The summed E-state index contributed by atoms with van der Waals surface area (Å²) in [6, 6.07) is 9.72. The summed E-state index contributed by atoms with van der Waals surface area (Å²) in [7, 11) is -1.19. The number of fused-ring (bicyclic) bond motifs is 1. The predicted molar refractivity (Wildman–Crippen MR) is 146 cm³/mol. The van der Waals surface area contributed by atoms with Crippen LogP contribution < -0.4 is 10.2 Å². The molecule has 2 heterocycles. The van der Waals surface area contributed by atoms with Crippen molar-refractivity contribution >= 4 is 34.2 Å². The molecule has 0 radical (unpaired) electrons. The SMILES string of the molecule is CS(=O)c1ccc2c(c1)CN(C(=O)C1CC1)C2C(=O)Nc1cnc(N(Cc2ccc(C(F)(F)F)cc2)C2CC2)nc1. The van der Waals surface area contributed by atoms with Crippen LogP contribution in [0.4, 0.5) is 24.8 Å². The zero-order valence-electron chi connectivity index (χ0n) is 22.2. The van der Waals surface area contributed by atoms with Crippen molar-refractivity contribution in [2.45, 2.75) is 61.9 Å². The molecule has 3 aliphatic rings. The molecule has 2 aliphatic carbocycles. The van der Waals surface area contributed by atoms with Gasteiger partial charge in [0, 0.05) is 47.0 Å². The van der Waals surface area contributed by atoms with Crippen LogP contribution in [0, 0.1) is 5.92 Å². The number of anilines is 2. The molecule has 2 amide bonds. The van der Waals surface area contributed by atoms with Gasteiger partial charge in [-0.25, -0.2) is 9.97 Å². The summed E-state index contributed by atoms with van der Waals surface area (Å²) in [6.07, 6.45) is 3.67. The van der Waals surface area contributed by atoms with Crippen LogP contribution in [-0.4, -0.2) is 43.2 Å². The maximum atomic E-state index is 13.5. The van der Waals surface area contributed by atoms with E-state index in [2.05, 4.69) is 15.3 Å². The number of hydrogen-bond donors (Lipinski definition) is 1. The van der Waals surface area contributed by atoms with Gasteiger partial charge in [0.15, 0.2) is 0 Å².